The molecule has 1 aromatic rings. The summed E-state index contributed by atoms with van der Waals surface area (Å²) in [5.74, 6) is 0.132. The van der Waals surface area contributed by atoms with Crippen LogP contribution in [0.4, 0.5) is 5.69 Å². The first-order chi connectivity index (χ1) is 9.78. The topological polar surface area (TPSA) is 57.7 Å². The lowest BCUT2D eigenvalue weighted by molar-refractivity contribution is -0.121. The van der Waals surface area contributed by atoms with Crippen LogP contribution in [0.25, 0.3) is 0 Å². The third kappa shape index (κ3) is 4.04. The van der Waals surface area contributed by atoms with E-state index in [1.807, 2.05) is 43.1 Å². The number of rotatable bonds is 5. The predicted octanol–water partition coefficient (Wildman–Crippen LogP) is 1.08. The van der Waals surface area contributed by atoms with Gasteiger partial charge in [0.15, 0.2) is 0 Å². The number of anilines is 1. The Labute approximate surface area is 126 Å². The Balaban J connectivity index is 2.02. The van der Waals surface area contributed by atoms with Crippen LogP contribution in [0.1, 0.15) is 12.0 Å². The number of hydrogen-bond acceptors (Lipinski definition) is 4. The minimum Gasteiger partial charge on any atom is -0.311 e. The van der Waals surface area contributed by atoms with Crippen LogP contribution >= 0.6 is 0 Å². The first-order valence-corrected chi connectivity index (χ1v) is 9.10. The molecular weight excluding hydrogens is 288 g/mol. The molecule has 1 aliphatic rings. The minimum atomic E-state index is -3.00. The maximum Gasteiger partial charge on any atom is 0.244 e. The molecule has 0 saturated carbocycles. The lowest BCUT2D eigenvalue weighted by Crippen LogP contribution is -2.41. The summed E-state index contributed by atoms with van der Waals surface area (Å²) < 4.78 is 22.5. The highest BCUT2D eigenvalue weighted by Gasteiger charge is 2.35. The Morgan fingerprint density at radius 3 is 2.48 bits per heavy atom. The van der Waals surface area contributed by atoms with E-state index in [0.717, 1.165) is 17.7 Å². The standard InChI is InChI=1S/C15H22N2O3S/c1-12-4-6-13(7-5-12)17-9-8-14(15(17)18)16(2)10-11-21(3,19)20/h4-7,14H,8-11H2,1-3H3. The number of sulfone groups is 1. The van der Waals surface area contributed by atoms with Gasteiger partial charge in [-0.05, 0) is 32.5 Å². The van der Waals surface area contributed by atoms with Gasteiger partial charge < -0.3 is 4.90 Å². The summed E-state index contributed by atoms with van der Waals surface area (Å²) in [6.45, 7) is 3.07. The van der Waals surface area contributed by atoms with Crippen LogP contribution < -0.4 is 4.90 Å². The summed E-state index contributed by atoms with van der Waals surface area (Å²) in [5.41, 5.74) is 2.07. The van der Waals surface area contributed by atoms with Crippen LogP contribution in [0.2, 0.25) is 0 Å². The van der Waals surface area contributed by atoms with Gasteiger partial charge in [-0.15, -0.1) is 0 Å². The first kappa shape index (κ1) is 16.0. The Morgan fingerprint density at radius 1 is 1.29 bits per heavy atom. The molecule has 1 fully saturated rings. The first-order valence-electron chi connectivity index (χ1n) is 7.04. The Bertz CT molecular complexity index is 610. The molecule has 0 N–H and O–H groups in total. The van der Waals surface area contributed by atoms with Crippen molar-refractivity contribution in [2.45, 2.75) is 19.4 Å². The van der Waals surface area contributed by atoms with Crippen molar-refractivity contribution in [3.8, 4) is 0 Å². The zero-order valence-electron chi connectivity index (χ0n) is 12.7. The van der Waals surface area contributed by atoms with Gasteiger partial charge in [0, 0.05) is 25.0 Å². The SMILES string of the molecule is Cc1ccc(N2CCC(N(C)CCS(C)(=O)=O)C2=O)cc1. The van der Waals surface area contributed by atoms with Crippen molar-refractivity contribution >= 4 is 21.4 Å². The molecule has 0 spiro atoms. The molecule has 2 rings (SSSR count). The summed E-state index contributed by atoms with van der Waals surface area (Å²) in [7, 11) is -1.19. The van der Waals surface area contributed by atoms with E-state index >= 15 is 0 Å². The molecule has 1 atom stereocenters. The highest BCUT2D eigenvalue weighted by atomic mass is 32.2. The maximum atomic E-state index is 12.5. The molecular formula is C15H22N2O3S. The molecule has 0 aliphatic carbocycles. The minimum absolute atomic E-state index is 0.0508. The summed E-state index contributed by atoms with van der Waals surface area (Å²) in [4.78, 5) is 16.1. The molecule has 1 aromatic carbocycles. The second-order valence-corrected chi connectivity index (χ2v) is 8.00. The summed E-state index contributed by atoms with van der Waals surface area (Å²) in [5, 5.41) is 0. The highest BCUT2D eigenvalue weighted by molar-refractivity contribution is 7.90. The van der Waals surface area contributed by atoms with E-state index in [1.165, 1.54) is 6.26 Å². The average molecular weight is 310 g/mol. The van der Waals surface area contributed by atoms with Crippen LogP contribution in [0.15, 0.2) is 24.3 Å². The summed E-state index contributed by atoms with van der Waals surface area (Å²) in [6, 6.07) is 7.65. The Kier molecular flexibility index (Phi) is 4.68. The zero-order chi connectivity index (χ0) is 15.6. The second-order valence-electron chi connectivity index (χ2n) is 5.74. The number of likely N-dealkylation sites (N-methyl/N-ethyl adjacent to an activating group) is 1. The molecule has 6 heteroatoms. The normalized spacial score (nSPS) is 19.5. The molecule has 116 valence electrons. The van der Waals surface area contributed by atoms with Gasteiger partial charge in [0.05, 0.1) is 11.8 Å². The lowest BCUT2D eigenvalue weighted by Gasteiger charge is -2.23. The van der Waals surface area contributed by atoms with Crippen LogP contribution in [-0.2, 0) is 14.6 Å². The largest absolute Gasteiger partial charge is 0.311 e. The molecule has 1 heterocycles. The number of benzene rings is 1. The molecule has 1 unspecified atom stereocenters. The predicted molar refractivity (Wildman–Crippen MR) is 84.3 cm³/mol. The third-order valence-electron chi connectivity index (χ3n) is 3.87. The van der Waals surface area contributed by atoms with Crippen molar-refractivity contribution in [2.75, 3.05) is 37.0 Å². The number of nitrogens with zero attached hydrogens (tertiary/aromatic N) is 2. The van der Waals surface area contributed by atoms with Crippen molar-refractivity contribution in [3.63, 3.8) is 0 Å². The van der Waals surface area contributed by atoms with Gasteiger partial charge in [-0.3, -0.25) is 9.69 Å². The third-order valence-corrected chi connectivity index (χ3v) is 4.79. The van der Waals surface area contributed by atoms with Gasteiger partial charge in [-0.25, -0.2) is 8.42 Å². The van der Waals surface area contributed by atoms with Crippen LogP contribution in [0.3, 0.4) is 0 Å². The summed E-state index contributed by atoms with van der Waals surface area (Å²) in [6.07, 6.45) is 1.95. The molecule has 0 radical (unpaired) electrons. The van der Waals surface area contributed by atoms with Gasteiger partial charge in [0.25, 0.3) is 0 Å². The maximum absolute atomic E-state index is 12.5. The highest BCUT2D eigenvalue weighted by Crippen LogP contribution is 2.24. The van der Waals surface area contributed by atoms with Crippen molar-refractivity contribution in [2.24, 2.45) is 0 Å². The van der Waals surface area contributed by atoms with Crippen molar-refractivity contribution in [1.82, 2.24) is 4.90 Å². The molecule has 0 bridgehead atoms. The van der Waals surface area contributed by atoms with Gasteiger partial charge in [-0.2, -0.15) is 0 Å². The number of amides is 1. The second kappa shape index (κ2) is 6.15. The Morgan fingerprint density at radius 2 is 1.90 bits per heavy atom. The molecule has 0 aromatic heterocycles. The number of hydrogen-bond donors (Lipinski definition) is 0. The molecule has 5 nitrogen and oxygen atoms in total. The van der Waals surface area contributed by atoms with E-state index in [4.69, 9.17) is 0 Å². The van der Waals surface area contributed by atoms with Crippen molar-refractivity contribution in [3.05, 3.63) is 29.8 Å². The van der Waals surface area contributed by atoms with E-state index in [2.05, 4.69) is 0 Å². The van der Waals surface area contributed by atoms with E-state index in [-0.39, 0.29) is 17.7 Å². The molecule has 1 amide bonds. The molecule has 21 heavy (non-hydrogen) atoms. The van der Waals surface area contributed by atoms with Crippen LogP contribution in [0, 0.1) is 6.92 Å². The van der Waals surface area contributed by atoms with Crippen LogP contribution in [0.5, 0.6) is 0 Å². The number of carbonyl (C=O) groups excluding carboxylic acids is 1. The van der Waals surface area contributed by atoms with Gasteiger partial charge >= 0.3 is 0 Å². The van der Waals surface area contributed by atoms with E-state index in [9.17, 15) is 13.2 Å². The average Bonchev–Trinajstić information content (AvgIpc) is 2.78. The monoisotopic (exact) mass is 310 g/mol. The number of carbonyl (C=O) groups is 1. The van der Waals surface area contributed by atoms with Crippen LogP contribution in [-0.4, -0.2) is 57.4 Å². The fraction of sp³-hybridized carbons (Fsp3) is 0.533. The molecule has 1 aliphatic heterocycles. The number of aryl methyl sites for hydroxylation is 1. The smallest absolute Gasteiger partial charge is 0.244 e. The Hall–Kier alpha value is -1.40. The quantitative estimate of drug-likeness (QED) is 0.816. The summed E-state index contributed by atoms with van der Waals surface area (Å²) >= 11 is 0. The van der Waals surface area contributed by atoms with Gasteiger partial charge in [0.2, 0.25) is 5.91 Å². The fourth-order valence-electron chi connectivity index (χ4n) is 2.52. The zero-order valence-corrected chi connectivity index (χ0v) is 13.6. The van der Waals surface area contributed by atoms with E-state index in [1.54, 1.807) is 4.90 Å². The fourth-order valence-corrected chi connectivity index (χ4v) is 3.14. The van der Waals surface area contributed by atoms with Gasteiger partial charge in [0.1, 0.15) is 9.84 Å². The lowest BCUT2D eigenvalue weighted by atomic mass is 10.2. The van der Waals surface area contributed by atoms with E-state index < -0.39 is 9.84 Å². The van der Waals surface area contributed by atoms with Gasteiger partial charge in [-0.1, -0.05) is 17.7 Å². The van der Waals surface area contributed by atoms with Crippen molar-refractivity contribution in [1.29, 1.82) is 0 Å². The van der Waals surface area contributed by atoms with Crippen molar-refractivity contribution < 1.29 is 13.2 Å². The molecule has 1 saturated heterocycles. The van der Waals surface area contributed by atoms with E-state index in [0.29, 0.717) is 13.1 Å².